The summed E-state index contributed by atoms with van der Waals surface area (Å²) < 4.78 is 9.15. The predicted octanol–water partition coefficient (Wildman–Crippen LogP) is 0.453. The van der Waals surface area contributed by atoms with Crippen molar-refractivity contribution in [2.45, 2.75) is 13.0 Å². The van der Waals surface area contributed by atoms with Crippen LogP contribution in [0.2, 0.25) is 0 Å². The fraction of sp³-hybridized carbons (Fsp3) is 0.308. The van der Waals surface area contributed by atoms with Gasteiger partial charge in [-0.25, -0.2) is 14.4 Å². The zero-order chi connectivity index (χ0) is 16.1. The average Bonchev–Trinajstić information content (AvgIpc) is 2.42. The Labute approximate surface area is 116 Å². The zero-order valence-electron chi connectivity index (χ0n) is 11.2. The van der Waals surface area contributed by atoms with Gasteiger partial charge in [-0.15, -0.1) is 0 Å². The summed E-state index contributed by atoms with van der Waals surface area (Å²) in [5, 5.41) is 16.8. The van der Waals surface area contributed by atoms with E-state index in [0.29, 0.717) is 0 Å². The molecule has 0 aromatic heterocycles. The highest BCUT2D eigenvalue weighted by Gasteiger charge is 2.10. The van der Waals surface area contributed by atoms with Crippen molar-refractivity contribution in [3.63, 3.8) is 0 Å². The number of carboxylic acid groups (broad SMARTS) is 1. The molecule has 0 radical (unpaired) electrons. The van der Waals surface area contributed by atoms with Gasteiger partial charge in [-0.1, -0.05) is 19.7 Å². The van der Waals surface area contributed by atoms with Crippen molar-refractivity contribution < 1.29 is 34.1 Å². The lowest BCUT2D eigenvalue weighted by Gasteiger charge is -2.10. The first-order valence-corrected chi connectivity index (χ1v) is 5.39. The van der Waals surface area contributed by atoms with Crippen molar-refractivity contribution in [1.29, 1.82) is 0 Å². The molecule has 20 heavy (non-hydrogen) atoms. The largest absolute Gasteiger partial charge is 0.478 e. The van der Waals surface area contributed by atoms with E-state index in [2.05, 4.69) is 29.2 Å². The minimum Gasteiger partial charge on any atom is -0.478 e. The minimum absolute atomic E-state index is 0.240. The van der Waals surface area contributed by atoms with E-state index >= 15 is 0 Å². The molecule has 2 N–H and O–H groups in total. The molecule has 0 aliphatic carbocycles. The third-order valence-corrected chi connectivity index (χ3v) is 1.51. The number of hydrogen-bond donors (Lipinski definition) is 2. The molecular formula is C13H18O7. The third-order valence-electron chi connectivity index (χ3n) is 1.51. The molecule has 0 aromatic rings. The number of hydrogen-bond acceptors (Lipinski definition) is 6. The van der Waals surface area contributed by atoms with Crippen LogP contribution in [0.25, 0.3) is 0 Å². The number of rotatable bonds is 7. The van der Waals surface area contributed by atoms with E-state index < -0.39 is 24.0 Å². The Hall–Kier alpha value is -2.41. The van der Waals surface area contributed by atoms with Crippen LogP contribution < -0.4 is 0 Å². The molecule has 0 aliphatic rings. The normalized spacial score (nSPS) is 10.1. The molecular weight excluding hydrogens is 268 g/mol. The topological polar surface area (TPSA) is 110 Å². The molecule has 1 unspecified atom stereocenters. The highest BCUT2D eigenvalue weighted by molar-refractivity contribution is 5.86. The summed E-state index contributed by atoms with van der Waals surface area (Å²) in [7, 11) is 0. The summed E-state index contributed by atoms with van der Waals surface area (Å²) in [5.41, 5.74) is 0.241. The highest BCUT2D eigenvalue weighted by atomic mass is 16.6. The van der Waals surface area contributed by atoms with Crippen LogP contribution in [0.15, 0.2) is 37.5 Å². The van der Waals surface area contributed by atoms with Crippen molar-refractivity contribution in [2.24, 2.45) is 0 Å². The van der Waals surface area contributed by atoms with E-state index in [9.17, 15) is 19.5 Å². The van der Waals surface area contributed by atoms with Gasteiger partial charge in [0, 0.05) is 17.7 Å². The van der Waals surface area contributed by atoms with E-state index in [1.54, 1.807) is 0 Å². The number of carboxylic acids is 1. The minimum atomic E-state index is -1.04. The second-order valence-corrected chi connectivity index (χ2v) is 3.41. The van der Waals surface area contributed by atoms with Crippen molar-refractivity contribution >= 4 is 17.9 Å². The molecule has 112 valence electrons. The van der Waals surface area contributed by atoms with Crippen LogP contribution in [0.4, 0.5) is 0 Å². The lowest BCUT2D eigenvalue weighted by molar-refractivity contribution is -0.146. The van der Waals surface area contributed by atoms with Gasteiger partial charge >= 0.3 is 17.9 Å². The molecule has 0 amide bonds. The molecule has 0 heterocycles. The number of carbonyl (C=O) groups excluding carboxylic acids is 2. The van der Waals surface area contributed by atoms with E-state index in [4.69, 9.17) is 5.11 Å². The van der Waals surface area contributed by atoms with Gasteiger partial charge in [0.2, 0.25) is 0 Å². The fourth-order valence-electron chi connectivity index (χ4n) is 0.580. The number of carbonyl (C=O) groups is 3. The smallest absolute Gasteiger partial charge is 0.333 e. The Morgan fingerprint density at radius 3 is 1.95 bits per heavy atom. The summed E-state index contributed by atoms with van der Waals surface area (Å²) in [6.07, 6.45) is 0.768. The SMILES string of the molecule is C=CC(=O)O.C=CC(=O)OCC(O)COC(=O)C(=C)C. The number of aliphatic hydroxyl groups is 1. The quantitative estimate of drug-likeness (QED) is 0.516. The summed E-state index contributed by atoms with van der Waals surface area (Å²) >= 11 is 0. The monoisotopic (exact) mass is 286 g/mol. The molecule has 7 heteroatoms. The first kappa shape index (κ1) is 19.9. The maximum absolute atomic E-state index is 10.9. The van der Waals surface area contributed by atoms with Crippen LogP contribution in [0.3, 0.4) is 0 Å². The predicted molar refractivity (Wildman–Crippen MR) is 70.8 cm³/mol. The van der Waals surface area contributed by atoms with Crippen molar-refractivity contribution in [3.05, 3.63) is 37.5 Å². The summed E-state index contributed by atoms with van der Waals surface area (Å²) in [6, 6.07) is 0. The number of ether oxygens (including phenoxy) is 2. The van der Waals surface area contributed by atoms with E-state index in [-0.39, 0.29) is 18.8 Å². The number of aliphatic carboxylic acids is 1. The van der Waals surface area contributed by atoms with E-state index in [1.165, 1.54) is 6.92 Å². The maximum atomic E-state index is 10.9. The van der Waals surface area contributed by atoms with Crippen LogP contribution >= 0.6 is 0 Å². The van der Waals surface area contributed by atoms with Crippen molar-refractivity contribution in [2.75, 3.05) is 13.2 Å². The second kappa shape index (κ2) is 11.7. The van der Waals surface area contributed by atoms with Gasteiger partial charge < -0.3 is 19.7 Å². The molecule has 0 fully saturated rings. The van der Waals surface area contributed by atoms with Gasteiger partial charge in [0.1, 0.15) is 19.3 Å². The Bertz CT molecular complexity index is 384. The van der Waals surface area contributed by atoms with E-state index in [0.717, 1.165) is 12.2 Å². The fourth-order valence-corrected chi connectivity index (χ4v) is 0.580. The molecule has 1 atom stereocenters. The first-order valence-electron chi connectivity index (χ1n) is 5.39. The van der Waals surface area contributed by atoms with Gasteiger partial charge in [-0.05, 0) is 6.92 Å². The molecule has 0 saturated carbocycles. The summed E-state index contributed by atoms with van der Waals surface area (Å²) in [6.45, 7) is 10.5. The Balaban J connectivity index is 0. The second-order valence-electron chi connectivity index (χ2n) is 3.41. The lowest BCUT2D eigenvalue weighted by Crippen LogP contribution is -2.25. The number of aliphatic hydroxyl groups excluding tert-OH is 1. The highest BCUT2D eigenvalue weighted by Crippen LogP contribution is 1.95. The Kier molecular flexibility index (Phi) is 11.6. The molecule has 0 bridgehead atoms. The van der Waals surface area contributed by atoms with Gasteiger partial charge in [0.15, 0.2) is 0 Å². The van der Waals surface area contributed by atoms with Crippen LogP contribution in [-0.2, 0) is 23.9 Å². The van der Waals surface area contributed by atoms with Crippen molar-refractivity contribution in [3.8, 4) is 0 Å². The maximum Gasteiger partial charge on any atom is 0.333 e. The average molecular weight is 286 g/mol. The first-order chi connectivity index (χ1) is 9.24. The molecule has 0 saturated heterocycles. The van der Waals surface area contributed by atoms with Gasteiger partial charge in [0.25, 0.3) is 0 Å². The Morgan fingerprint density at radius 1 is 1.15 bits per heavy atom. The number of esters is 2. The molecule has 7 nitrogen and oxygen atoms in total. The molecule has 0 aliphatic heterocycles. The zero-order valence-corrected chi connectivity index (χ0v) is 11.2. The summed E-state index contributed by atoms with van der Waals surface area (Å²) in [5.74, 6) is -2.21. The van der Waals surface area contributed by atoms with Crippen LogP contribution in [0.1, 0.15) is 6.92 Å². The van der Waals surface area contributed by atoms with Crippen LogP contribution in [0, 0.1) is 0 Å². The Morgan fingerprint density at radius 2 is 1.60 bits per heavy atom. The standard InChI is InChI=1S/C10H14O5.C3H4O2/c1-4-9(12)14-5-8(11)6-15-10(13)7(2)3;1-2-3(4)5/h4,8,11H,1-2,5-6H2,3H3;2H,1H2,(H,4,5). The van der Waals surface area contributed by atoms with Gasteiger partial charge in [0.05, 0.1) is 0 Å². The molecule has 0 spiro atoms. The molecule has 0 aromatic carbocycles. The van der Waals surface area contributed by atoms with Gasteiger partial charge in [-0.3, -0.25) is 0 Å². The van der Waals surface area contributed by atoms with Gasteiger partial charge in [-0.2, -0.15) is 0 Å². The van der Waals surface area contributed by atoms with E-state index in [1.807, 2.05) is 0 Å². The lowest BCUT2D eigenvalue weighted by atomic mass is 10.3. The third kappa shape index (κ3) is 13.7. The van der Waals surface area contributed by atoms with Crippen LogP contribution in [0.5, 0.6) is 0 Å². The van der Waals surface area contributed by atoms with Crippen LogP contribution in [-0.4, -0.2) is 47.4 Å². The van der Waals surface area contributed by atoms with Crippen molar-refractivity contribution in [1.82, 2.24) is 0 Å². The summed E-state index contributed by atoms with van der Waals surface area (Å²) in [4.78, 5) is 30.7. The molecule has 0 rings (SSSR count).